The number of fused-ring (bicyclic) bond motifs is 1. The molecule has 1 aliphatic rings. The number of nitrogens with zero attached hydrogens (tertiary/aromatic N) is 5. The molecule has 0 radical (unpaired) electrons. The van der Waals surface area contributed by atoms with Crippen LogP contribution < -0.4 is 4.90 Å². The predicted octanol–water partition coefficient (Wildman–Crippen LogP) is 2.85. The highest BCUT2D eigenvalue weighted by Crippen LogP contribution is 2.28. The molecule has 5 nitrogen and oxygen atoms in total. The van der Waals surface area contributed by atoms with Crippen molar-refractivity contribution >= 4 is 17.2 Å². The highest BCUT2D eigenvalue weighted by atomic mass is 32.1. The molecule has 6 heteroatoms. The third-order valence-electron chi connectivity index (χ3n) is 4.06. The molecule has 2 aromatic heterocycles. The van der Waals surface area contributed by atoms with E-state index in [1.165, 1.54) is 22.0 Å². The van der Waals surface area contributed by atoms with Gasteiger partial charge >= 0.3 is 0 Å². The molecule has 3 rings (SSSR count). The number of anilines is 1. The Kier molecular flexibility index (Phi) is 4.38. The standard InChI is InChI=1S/C17H25N5S/c1-17(2,3)16-20-12(10-23-16)8-22-7-6-14-13(9-22)15(21(4)5)19-11-18-14/h10-11H,6-9H2,1-5H3. The van der Waals surface area contributed by atoms with Crippen LogP contribution in [0.5, 0.6) is 0 Å². The van der Waals surface area contributed by atoms with Gasteiger partial charge in [0.2, 0.25) is 0 Å². The van der Waals surface area contributed by atoms with Crippen molar-refractivity contribution in [2.24, 2.45) is 0 Å². The monoisotopic (exact) mass is 331 g/mol. The number of hydrogen-bond donors (Lipinski definition) is 0. The molecule has 2 aromatic rings. The average molecular weight is 331 g/mol. The Hall–Kier alpha value is -1.53. The Bertz CT molecular complexity index is 687. The predicted molar refractivity (Wildman–Crippen MR) is 95.0 cm³/mol. The fourth-order valence-corrected chi connectivity index (χ4v) is 3.75. The van der Waals surface area contributed by atoms with Crippen molar-refractivity contribution in [2.45, 2.75) is 45.7 Å². The zero-order valence-electron chi connectivity index (χ0n) is 14.6. The van der Waals surface area contributed by atoms with Crippen LogP contribution in [0.15, 0.2) is 11.7 Å². The molecule has 0 saturated carbocycles. The highest BCUT2D eigenvalue weighted by molar-refractivity contribution is 7.09. The molecule has 3 heterocycles. The molecule has 0 fully saturated rings. The number of aromatic nitrogens is 3. The van der Waals surface area contributed by atoms with E-state index >= 15 is 0 Å². The molecule has 124 valence electrons. The number of hydrogen-bond acceptors (Lipinski definition) is 6. The van der Waals surface area contributed by atoms with Gasteiger partial charge in [0.05, 0.1) is 16.4 Å². The molecule has 0 amide bonds. The summed E-state index contributed by atoms with van der Waals surface area (Å²) in [5, 5.41) is 3.41. The van der Waals surface area contributed by atoms with Crippen molar-refractivity contribution in [1.82, 2.24) is 19.9 Å². The van der Waals surface area contributed by atoms with Crippen LogP contribution in [0.1, 0.15) is 42.7 Å². The first-order valence-electron chi connectivity index (χ1n) is 8.02. The van der Waals surface area contributed by atoms with Gasteiger partial charge in [0, 0.05) is 56.5 Å². The summed E-state index contributed by atoms with van der Waals surface area (Å²) in [6, 6.07) is 0. The summed E-state index contributed by atoms with van der Waals surface area (Å²) in [5.74, 6) is 1.04. The van der Waals surface area contributed by atoms with Crippen molar-refractivity contribution in [3.63, 3.8) is 0 Å². The maximum Gasteiger partial charge on any atom is 0.136 e. The van der Waals surface area contributed by atoms with Gasteiger partial charge in [-0.2, -0.15) is 0 Å². The molecule has 0 bridgehead atoms. The zero-order valence-corrected chi connectivity index (χ0v) is 15.4. The fraction of sp³-hybridized carbons (Fsp3) is 0.588. The fourth-order valence-electron chi connectivity index (χ4n) is 2.86. The van der Waals surface area contributed by atoms with Gasteiger partial charge in [0.1, 0.15) is 12.1 Å². The van der Waals surface area contributed by atoms with E-state index in [4.69, 9.17) is 4.98 Å². The van der Waals surface area contributed by atoms with Crippen LogP contribution in [0.2, 0.25) is 0 Å². The Morgan fingerprint density at radius 3 is 2.70 bits per heavy atom. The van der Waals surface area contributed by atoms with Crippen LogP contribution in [-0.2, 0) is 24.9 Å². The quantitative estimate of drug-likeness (QED) is 0.865. The molecule has 23 heavy (non-hydrogen) atoms. The molecule has 1 aliphatic heterocycles. The van der Waals surface area contributed by atoms with Gasteiger partial charge in [0.25, 0.3) is 0 Å². The minimum atomic E-state index is 0.128. The summed E-state index contributed by atoms with van der Waals surface area (Å²) in [7, 11) is 4.08. The van der Waals surface area contributed by atoms with Gasteiger partial charge in [-0.1, -0.05) is 20.8 Å². The largest absolute Gasteiger partial charge is 0.362 e. The Morgan fingerprint density at radius 2 is 2.04 bits per heavy atom. The molecule has 0 unspecified atom stereocenters. The van der Waals surface area contributed by atoms with E-state index in [0.29, 0.717) is 0 Å². The zero-order chi connectivity index (χ0) is 16.6. The van der Waals surface area contributed by atoms with E-state index in [0.717, 1.165) is 31.9 Å². The van der Waals surface area contributed by atoms with Crippen molar-refractivity contribution in [3.8, 4) is 0 Å². The lowest BCUT2D eigenvalue weighted by molar-refractivity contribution is 0.240. The average Bonchev–Trinajstić information content (AvgIpc) is 2.95. The minimum Gasteiger partial charge on any atom is -0.362 e. The van der Waals surface area contributed by atoms with Crippen molar-refractivity contribution in [2.75, 3.05) is 25.5 Å². The third-order valence-corrected chi connectivity index (χ3v) is 5.38. The Balaban J connectivity index is 1.76. The summed E-state index contributed by atoms with van der Waals surface area (Å²) in [6.07, 6.45) is 2.66. The molecule has 0 atom stereocenters. The third kappa shape index (κ3) is 3.53. The molecule has 0 saturated heterocycles. The Morgan fingerprint density at radius 1 is 1.26 bits per heavy atom. The Labute approximate surface area is 142 Å². The van der Waals surface area contributed by atoms with Crippen molar-refractivity contribution in [3.05, 3.63) is 33.7 Å². The van der Waals surface area contributed by atoms with Gasteiger partial charge in [0.15, 0.2) is 0 Å². The lowest BCUT2D eigenvalue weighted by atomic mass is 9.98. The second-order valence-electron chi connectivity index (χ2n) is 7.37. The summed E-state index contributed by atoms with van der Waals surface area (Å²) in [5.41, 5.74) is 3.75. The first-order valence-corrected chi connectivity index (χ1v) is 8.90. The smallest absolute Gasteiger partial charge is 0.136 e. The van der Waals surface area contributed by atoms with Gasteiger partial charge < -0.3 is 4.90 Å². The first-order chi connectivity index (χ1) is 10.8. The SMILES string of the molecule is CN(C)c1ncnc2c1CN(Cc1csc(C(C)(C)C)n1)CC2. The van der Waals surface area contributed by atoms with Crippen LogP contribution >= 0.6 is 11.3 Å². The van der Waals surface area contributed by atoms with Crippen molar-refractivity contribution in [1.29, 1.82) is 0 Å². The second kappa shape index (κ2) is 6.17. The van der Waals surface area contributed by atoms with Gasteiger partial charge in [-0.25, -0.2) is 15.0 Å². The maximum absolute atomic E-state index is 4.82. The lowest BCUT2D eigenvalue weighted by Gasteiger charge is -2.29. The van der Waals surface area contributed by atoms with Gasteiger partial charge in [-0.05, 0) is 0 Å². The summed E-state index contributed by atoms with van der Waals surface area (Å²) in [6.45, 7) is 9.47. The molecule has 0 aliphatic carbocycles. The first kappa shape index (κ1) is 16.3. The maximum atomic E-state index is 4.82. The summed E-state index contributed by atoms with van der Waals surface area (Å²) < 4.78 is 0. The molecule has 0 aromatic carbocycles. The molecular formula is C17H25N5S. The van der Waals surface area contributed by atoms with E-state index in [2.05, 4.69) is 45.9 Å². The lowest BCUT2D eigenvalue weighted by Crippen LogP contribution is -2.32. The second-order valence-corrected chi connectivity index (χ2v) is 8.23. The van der Waals surface area contributed by atoms with Crippen LogP contribution in [0.3, 0.4) is 0 Å². The van der Waals surface area contributed by atoms with Crippen LogP contribution in [0, 0.1) is 0 Å². The van der Waals surface area contributed by atoms with E-state index in [1.807, 2.05) is 14.1 Å². The van der Waals surface area contributed by atoms with Crippen molar-refractivity contribution < 1.29 is 0 Å². The van der Waals surface area contributed by atoms with E-state index < -0.39 is 0 Å². The van der Waals surface area contributed by atoms with Gasteiger partial charge in [-0.3, -0.25) is 4.90 Å². The van der Waals surface area contributed by atoms with Gasteiger partial charge in [-0.15, -0.1) is 11.3 Å². The van der Waals surface area contributed by atoms with E-state index in [1.54, 1.807) is 17.7 Å². The summed E-state index contributed by atoms with van der Waals surface area (Å²) in [4.78, 5) is 18.2. The van der Waals surface area contributed by atoms with Crippen LogP contribution in [-0.4, -0.2) is 40.5 Å². The van der Waals surface area contributed by atoms with Crippen LogP contribution in [0.25, 0.3) is 0 Å². The molecule has 0 spiro atoms. The minimum absolute atomic E-state index is 0.128. The van der Waals surface area contributed by atoms with E-state index in [-0.39, 0.29) is 5.41 Å². The topological polar surface area (TPSA) is 45.2 Å². The summed E-state index contributed by atoms with van der Waals surface area (Å²) >= 11 is 1.77. The highest BCUT2D eigenvalue weighted by Gasteiger charge is 2.23. The normalized spacial score (nSPS) is 15.5. The van der Waals surface area contributed by atoms with Crippen LogP contribution in [0.4, 0.5) is 5.82 Å². The number of thiazole rings is 1. The number of rotatable bonds is 3. The molecule has 0 N–H and O–H groups in total. The molecular weight excluding hydrogens is 306 g/mol. The van der Waals surface area contributed by atoms with E-state index in [9.17, 15) is 0 Å².